The molecule has 10 aromatic carbocycles. The molecule has 0 spiro atoms. The molecule has 12 aromatic rings. The standard InChI is InChI=1S/C65H45N3/c1-6-17-46(18-7-1)49-33-39-57(40-34-49)67(58-41-35-50(36-42-58)47-19-8-2-9-20-47)59-43-37-51(38-44-59)48-29-31-52(32-30-48)60-28-16-27-56-45-61(53-21-10-3-11-22-53)68-65(62(56)60)63(54-23-12-4-13-24-54)64(66-68)55-25-14-5-15-26-55/h1-45H. The lowest BCUT2D eigenvalue weighted by Crippen LogP contribution is -2.09. The molecule has 12 rings (SSSR count). The molecule has 0 radical (unpaired) electrons. The number of nitrogens with zero attached hydrogens (tertiary/aromatic N) is 3. The summed E-state index contributed by atoms with van der Waals surface area (Å²) in [5.74, 6) is 0. The number of pyridine rings is 1. The fourth-order valence-electron chi connectivity index (χ4n) is 9.68. The van der Waals surface area contributed by atoms with Gasteiger partial charge in [0.05, 0.1) is 11.2 Å². The number of anilines is 3. The predicted octanol–water partition coefficient (Wildman–Crippen LogP) is 17.6. The minimum atomic E-state index is 0.960. The maximum Gasteiger partial charge on any atom is 0.101 e. The van der Waals surface area contributed by atoms with Crippen molar-refractivity contribution in [1.29, 1.82) is 0 Å². The highest BCUT2D eigenvalue weighted by molar-refractivity contribution is 6.14. The smallest absolute Gasteiger partial charge is 0.101 e. The van der Waals surface area contributed by atoms with Crippen molar-refractivity contribution in [2.24, 2.45) is 0 Å². The van der Waals surface area contributed by atoms with Gasteiger partial charge in [-0.15, -0.1) is 0 Å². The molecule has 3 nitrogen and oxygen atoms in total. The Morgan fingerprint density at radius 2 is 0.662 bits per heavy atom. The van der Waals surface area contributed by atoms with E-state index in [0.717, 1.165) is 78.5 Å². The molecule has 0 N–H and O–H groups in total. The van der Waals surface area contributed by atoms with Crippen molar-refractivity contribution >= 4 is 33.4 Å². The summed E-state index contributed by atoms with van der Waals surface area (Å²) in [6.07, 6.45) is 0. The SMILES string of the molecule is c1ccc(-c2ccc(N(c3ccc(-c4ccccc4)cc3)c3ccc(-c4ccc(-c5cccc6cc(-c7ccccc7)n7nc(-c8ccccc8)c(-c8ccccc8)c7c56)cc4)cc3)cc2)cc1. The van der Waals surface area contributed by atoms with E-state index < -0.39 is 0 Å². The van der Waals surface area contributed by atoms with Crippen LogP contribution in [0.2, 0.25) is 0 Å². The Balaban J connectivity index is 0.936. The zero-order valence-electron chi connectivity index (χ0n) is 37.3. The van der Waals surface area contributed by atoms with E-state index in [9.17, 15) is 0 Å². The normalized spacial score (nSPS) is 11.2. The van der Waals surface area contributed by atoms with Gasteiger partial charge in [0.2, 0.25) is 0 Å². The monoisotopic (exact) mass is 867 g/mol. The van der Waals surface area contributed by atoms with E-state index in [-0.39, 0.29) is 0 Å². The second kappa shape index (κ2) is 17.7. The lowest BCUT2D eigenvalue weighted by atomic mass is 9.92. The lowest BCUT2D eigenvalue weighted by molar-refractivity contribution is 0.980. The zero-order valence-corrected chi connectivity index (χ0v) is 37.3. The van der Waals surface area contributed by atoms with Gasteiger partial charge in [-0.25, -0.2) is 4.52 Å². The van der Waals surface area contributed by atoms with E-state index in [0.29, 0.717) is 0 Å². The maximum absolute atomic E-state index is 5.48. The Labute approximate surface area is 397 Å². The second-order valence-electron chi connectivity index (χ2n) is 17.2. The molecular weight excluding hydrogens is 823 g/mol. The van der Waals surface area contributed by atoms with Crippen molar-refractivity contribution in [3.63, 3.8) is 0 Å². The summed E-state index contributed by atoms with van der Waals surface area (Å²) in [5.41, 5.74) is 20.3. The van der Waals surface area contributed by atoms with Crippen molar-refractivity contribution in [3.05, 3.63) is 273 Å². The summed E-state index contributed by atoms with van der Waals surface area (Å²) >= 11 is 0. The molecule has 2 aromatic heterocycles. The highest BCUT2D eigenvalue weighted by atomic mass is 15.2. The highest BCUT2D eigenvalue weighted by Gasteiger charge is 2.23. The van der Waals surface area contributed by atoms with Gasteiger partial charge in [0, 0.05) is 39.1 Å². The van der Waals surface area contributed by atoms with Gasteiger partial charge in [-0.1, -0.05) is 231 Å². The summed E-state index contributed by atoms with van der Waals surface area (Å²) in [4.78, 5) is 2.34. The Bertz CT molecular complexity index is 3560. The molecule has 0 saturated carbocycles. The van der Waals surface area contributed by atoms with E-state index in [1.807, 2.05) is 0 Å². The average molecular weight is 868 g/mol. The van der Waals surface area contributed by atoms with Gasteiger partial charge < -0.3 is 4.90 Å². The van der Waals surface area contributed by atoms with Gasteiger partial charge in [-0.05, 0) is 97.9 Å². The van der Waals surface area contributed by atoms with Gasteiger partial charge in [0.25, 0.3) is 0 Å². The summed E-state index contributed by atoms with van der Waals surface area (Å²) in [6.45, 7) is 0. The van der Waals surface area contributed by atoms with E-state index in [1.54, 1.807) is 0 Å². The third-order valence-electron chi connectivity index (χ3n) is 13.0. The van der Waals surface area contributed by atoms with E-state index in [4.69, 9.17) is 5.10 Å². The molecular formula is C65H45N3. The number of aromatic nitrogens is 2. The van der Waals surface area contributed by atoms with E-state index >= 15 is 0 Å². The number of hydrogen-bond acceptors (Lipinski definition) is 2. The summed E-state index contributed by atoms with van der Waals surface area (Å²) in [5, 5.41) is 7.82. The first-order valence-electron chi connectivity index (χ1n) is 23.2. The van der Waals surface area contributed by atoms with Crippen molar-refractivity contribution < 1.29 is 0 Å². The maximum atomic E-state index is 5.48. The minimum absolute atomic E-state index is 0.960. The van der Waals surface area contributed by atoms with Crippen molar-refractivity contribution in [3.8, 4) is 78.1 Å². The zero-order chi connectivity index (χ0) is 45.2. The van der Waals surface area contributed by atoms with Crippen LogP contribution in [0.25, 0.3) is 94.4 Å². The van der Waals surface area contributed by atoms with Crippen LogP contribution in [-0.4, -0.2) is 9.61 Å². The first kappa shape index (κ1) is 40.5. The van der Waals surface area contributed by atoms with Crippen LogP contribution in [0.4, 0.5) is 17.1 Å². The van der Waals surface area contributed by atoms with Crippen molar-refractivity contribution in [2.75, 3.05) is 4.90 Å². The third-order valence-corrected chi connectivity index (χ3v) is 13.0. The van der Waals surface area contributed by atoms with Gasteiger partial charge in [0.1, 0.15) is 5.69 Å². The van der Waals surface area contributed by atoms with E-state index in [2.05, 4.69) is 282 Å². The molecule has 0 aliphatic rings. The van der Waals surface area contributed by atoms with Crippen LogP contribution in [-0.2, 0) is 0 Å². The molecule has 0 aliphatic heterocycles. The number of fused-ring (bicyclic) bond motifs is 3. The molecule has 0 fully saturated rings. The lowest BCUT2D eigenvalue weighted by Gasteiger charge is -2.26. The van der Waals surface area contributed by atoms with Gasteiger partial charge >= 0.3 is 0 Å². The van der Waals surface area contributed by atoms with Gasteiger partial charge in [-0.2, -0.15) is 5.10 Å². The molecule has 0 atom stereocenters. The molecule has 320 valence electrons. The highest BCUT2D eigenvalue weighted by Crippen LogP contribution is 2.44. The summed E-state index contributed by atoms with van der Waals surface area (Å²) < 4.78 is 2.18. The molecule has 0 aliphatic carbocycles. The topological polar surface area (TPSA) is 20.5 Å². The Kier molecular flexibility index (Phi) is 10.6. The fraction of sp³-hybridized carbons (Fsp3) is 0. The quantitative estimate of drug-likeness (QED) is 0.136. The Hall–Kier alpha value is -9.05. The Morgan fingerprint density at radius 3 is 1.12 bits per heavy atom. The number of hydrogen-bond donors (Lipinski definition) is 0. The van der Waals surface area contributed by atoms with Crippen molar-refractivity contribution in [1.82, 2.24) is 9.61 Å². The van der Waals surface area contributed by atoms with Crippen LogP contribution in [0.3, 0.4) is 0 Å². The number of rotatable bonds is 10. The van der Waals surface area contributed by atoms with E-state index in [1.165, 1.54) is 33.0 Å². The van der Waals surface area contributed by atoms with Crippen LogP contribution in [0.15, 0.2) is 273 Å². The molecule has 0 saturated heterocycles. The molecule has 0 unspecified atom stereocenters. The van der Waals surface area contributed by atoms with Crippen LogP contribution in [0.5, 0.6) is 0 Å². The largest absolute Gasteiger partial charge is 0.311 e. The fourth-order valence-corrected chi connectivity index (χ4v) is 9.68. The molecule has 2 heterocycles. The first-order chi connectivity index (χ1) is 33.7. The van der Waals surface area contributed by atoms with Crippen LogP contribution >= 0.6 is 0 Å². The van der Waals surface area contributed by atoms with Gasteiger partial charge in [-0.3, -0.25) is 0 Å². The average Bonchev–Trinajstić information content (AvgIpc) is 3.84. The van der Waals surface area contributed by atoms with Gasteiger partial charge in [0.15, 0.2) is 0 Å². The first-order valence-corrected chi connectivity index (χ1v) is 23.2. The van der Waals surface area contributed by atoms with Crippen molar-refractivity contribution in [2.45, 2.75) is 0 Å². The Morgan fingerprint density at radius 1 is 0.294 bits per heavy atom. The third kappa shape index (κ3) is 7.62. The minimum Gasteiger partial charge on any atom is -0.311 e. The molecule has 3 heteroatoms. The summed E-state index contributed by atoms with van der Waals surface area (Å²) in [6, 6.07) is 97.7. The summed E-state index contributed by atoms with van der Waals surface area (Å²) in [7, 11) is 0. The second-order valence-corrected chi connectivity index (χ2v) is 17.2. The van der Waals surface area contributed by atoms with Crippen LogP contribution in [0, 0.1) is 0 Å². The molecule has 0 bridgehead atoms. The molecule has 0 amide bonds. The predicted molar refractivity (Wildman–Crippen MR) is 285 cm³/mol. The number of benzene rings is 10. The van der Waals surface area contributed by atoms with Crippen LogP contribution < -0.4 is 4.90 Å². The van der Waals surface area contributed by atoms with Crippen LogP contribution in [0.1, 0.15) is 0 Å². The molecule has 68 heavy (non-hydrogen) atoms.